The standard InChI is InChI=1S/C24H18F2N6O4S/c1-32-3-2-10(32)7-36-23-29-5-12-13-8-35-9-14(13)16(18(26)19(12)30-23)20-17-11(4-27)22(31-24(33)34)37-21(17)15(25)6-28-20/h5-6,10,31H,2-3,7-9H2,1H3,(H,33,34)/t10-/m0/s1. The Hall–Kier alpha value is -3.99. The second-order valence-electron chi connectivity index (χ2n) is 8.79. The lowest BCUT2D eigenvalue weighted by molar-refractivity contribution is 0.0732. The fourth-order valence-corrected chi connectivity index (χ4v) is 5.76. The van der Waals surface area contributed by atoms with E-state index in [0.717, 1.165) is 30.5 Å². The van der Waals surface area contributed by atoms with Gasteiger partial charge in [-0.15, -0.1) is 11.3 Å². The zero-order chi connectivity index (χ0) is 25.8. The van der Waals surface area contributed by atoms with Crippen molar-refractivity contribution in [2.75, 3.05) is 25.5 Å². The lowest BCUT2D eigenvalue weighted by atomic mass is 9.94. The first-order valence-electron chi connectivity index (χ1n) is 11.3. The summed E-state index contributed by atoms with van der Waals surface area (Å²) >= 11 is 0.742. The van der Waals surface area contributed by atoms with Gasteiger partial charge in [-0.3, -0.25) is 15.2 Å². The summed E-state index contributed by atoms with van der Waals surface area (Å²) in [5.74, 6) is -1.50. The normalized spacial score (nSPS) is 17.0. The number of aromatic nitrogens is 3. The number of benzene rings is 1. The molecule has 0 saturated carbocycles. The highest BCUT2D eigenvalue weighted by molar-refractivity contribution is 7.23. The van der Waals surface area contributed by atoms with Gasteiger partial charge in [-0.2, -0.15) is 10.2 Å². The quantitative estimate of drug-likeness (QED) is 0.393. The molecule has 37 heavy (non-hydrogen) atoms. The number of halogens is 2. The molecule has 4 aromatic rings. The van der Waals surface area contributed by atoms with E-state index in [4.69, 9.17) is 14.6 Å². The third-order valence-electron chi connectivity index (χ3n) is 6.76. The Morgan fingerprint density at radius 3 is 2.86 bits per heavy atom. The number of amides is 1. The molecule has 2 aliphatic heterocycles. The third-order valence-corrected chi connectivity index (χ3v) is 7.87. The highest BCUT2D eigenvalue weighted by Crippen LogP contribution is 2.45. The molecule has 1 aromatic carbocycles. The van der Waals surface area contributed by atoms with E-state index in [1.165, 1.54) is 6.20 Å². The van der Waals surface area contributed by atoms with Crippen LogP contribution in [0.4, 0.5) is 18.6 Å². The van der Waals surface area contributed by atoms with Crippen molar-refractivity contribution >= 4 is 43.4 Å². The minimum Gasteiger partial charge on any atom is -0.465 e. The lowest BCUT2D eigenvalue weighted by Crippen LogP contribution is -2.48. The molecule has 0 radical (unpaired) electrons. The van der Waals surface area contributed by atoms with Crippen LogP contribution in [0.1, 0.15) is 23.1 Å². The van der Waals surface area contributed by atoms with Crippen molar-refractivity contribution in [1.82, 2.24) is 19.9 Å². The number of nitrogens with one attached hydrogen (secondary N) is 1. The Kier molecular flexibility index (Phi) is 5.59. The number of carbonyl (C=O) groups is 1. The van der Waals surface area contributed by atoms with Crippen LogP contribution in [0.25, 0.3) is 32.2 Å². The van der Waals surface area contributed by atoms with Gasteiger partial charge in [0.05, 0.1) is 35.4 Å². The molecule has 0 spiro atoms. The molecular weight excluding hydrogens is 506 g/mol. The molecule has 6 rings (SSSR count). The largest absolute Gasteiger partial charge is 0.465 e. The Morgan fingerprint density at radius 1 is 1.35 bits per heavy atom. The predicted octanol–water partition coefficient (Wildman–Crippen LogP) is 4.26. The summed E-state index contributed by atoms with van der Waals surface area (Å²) in [7, 11) is 1.99. The fourth-order valence-electron chi connectivity index (χ4n) is 4.72. The van der Waals surface area contributed by atoms with Crippen molar-refractivity contribution in [3.63, 3.8) is 0 Å². The molecule has 188 valence electrons. The van der Waals surface area contributed by atoms with Crippen molar-refractivity contribution in [2.24, 2.45) is 0 Å². The molecule has 0 unspecified atom stereocenters. The van der Waals surface area contributed by atoms with Crippen molar-refractivity contribution in [3.8, 4) is 23.3 Å². The Morgan fingerprint density at radius 2 is 2.16 bits per heavy atom. The fraction of sp³-hybridized carbons (Fsp3) is 0.292. The summed E-state index contributed by atoms with van der Waals surface area (Å²) in [4.78, 5) is 26.1. The van der Waals surface area contributed by atoms with Crippen molar-refractivity contribution in [2.45, 2.75) is 25.7 Å². The van der Waals surface area contributed by atoms with Gasteiger partial charge < -0.3 is 14.6 Å². The number of nitrogens with zero attached hydrogens (tertiary/aromatic N) is 5. The maximum absolute atomic E-state index is 16.3. The minimum atomic E-state index is -1.42. The van der Waals surface area contributed by atoms with Gasteiger partial charge in [-0.1, -0.05) is 0 Å². The molecule has 1 fully saturated rings. The molecule has 10 nitrogen and oxygen atoms in total. The number of likely N-dealkylation sites (tertiary alicyclic amines) is 1. The predicted molar refractivity (Wildman–Crippen MR) is 129 cm³/mol. The van der Waals surface area contributed by atoms with E-state index in [1.807, 2.05) is 13.1 Å². The molecule has 2 aliphatic rings. The van der Waals surface area contributed by atoms with Crippen LogP contribution in [0, 0.1) is 23.0 Å². The summed E-state index contributed by atoms with van der Waals surface area (Å²) in [6.45, 7) is 1.59. The number of hydrogen-bond donors (Lipinski definition) is 2. The first-order valence-corrected chi connectivity index (χ1v) is 12.1. The number of hydrogen-bond acceptors (Lipinski definition) is 9. The smallest absolute Gasteiger partial charge is 0.409 e. The van der Waals surface area contributed by atoms with Crippen molar-refractivity contribution < 1.29 is 28.2 Å². The molecule has 1 saturated heterocycles. The zero-order valence-corrected chi connectivity index (χ0v) is 20.2. The van der Waals surface area contributed by atoms with Crippen LogP contribution < -0.4 is 10.1 Å². The number of likely N-dealkylation sites (N-methyl/N-ethyl adjacent to an activating group) is 1. The van der Waals surface area contributed by atoms with Gasteiger partial charge in [0, 0.05) is 28.6 Å². The van der Waals surface area contributed by atoms with Gasteiger partial charge in [0.15, 0.2) is 11.6 Å². The highest BCUT2D eigenvalue weighted by Gasteiger charge is 2.31. The number of thiophene rings is 1. The summed E-state index contributed by atoms with van der Waals surface area (Å²) in [6, 6.07) is 2.17. The molecule has 13 heteroatoms. The zero-order valence-electron chi connectivity index (χ0n) is 19.3. The Bertz CT molecular complexity index is 1650. The van der Waals surface area contributed by atoms with Crippen molar-refractivity contribution in [1.29, 1.82) is 5.26 Å². The van der Waals surface area contributed by atoms with Gasteiger partial charge >= 0.3 is 12.1 Å². The van der Waals surface area contributed by atoms with E-state index in [2.05, 4.69) is 25.2 Å². The van der Waals surface area contributed by atoms with E-state index in [9.17, 15) is 14.4 Å². The first-order chi connectivity index (χ1) is 17.9. The van der Waals surface area contributed by atoms with E-state index in [1.54, 1.807) is 0 Å². The second kappa shape index (κ2) is 8.84. The number of carboxylic acid groups (broad SMARTS) is 1. The average Bonchev–Trinajstić information content (AvgIpc) is 3.49. The maximum Gasteiger partial charge on any atom is 0.409 e. The molecular formula is C24H18F2N6O4S. The molecule has 5 heterocycles. The van der Waals surface area contributed by atoms with E-state index >= 15 is 4.39 Å². The monoisotopic (exact) mass is 524 g/mol. The van der Waals surface area contributed by atoms with Crippen LogP contribution in [0.3, 0.4) is 0 Å². The number of pyridine rings is 1. The van der Waals surface area contributed by atoms with Gasteiger partial charge in [-0.25, -0.2) is 18.6 Å². The molecule has 1 amide bonds. The van der Waals surface area contributed by atoms with Gasteiger partial charge in [-0.05, 0) is 31.1 Å². The lowest BCUT2D eigenvalue weighted by Gasteiger charge is -2.37. The number of nitriles is 1. The molecule has 1 atom stereocenters. The highest BCUT2D eigenvalue weighted by atomic mass is 32.1. The molecule has 0 bridgehead atoms. The second-order valence-corrected chi connectivity index (χ2v) is 9.82. The number of anilines is 1. The van der Waals surface area contributed by atoms with Crippen molar-refractivity contribution in [3.05, 3.63) is 40.7 Å². The third kappa shape index (κ3) is 3.72. The SMILES string of the molecule is CN1CC[C@H]1COc1ncc2c3c(c(-c4ncc(F)c5sc(NC(=O)O)c(C#N)c45)c(F)c2n1)COC3. The van der Waals surface area contributed by atoms with Crippen LogP contribution >= 0.6 is 11.3 Å². The van der Waals surface area contributed by atoms with Gasteiger partial charge in [0.25, 0.3) is 0 Å². The molecule has 3 aromatic heterocycles. The van der Waals surface area contributed by atoms with Crippen LogP contribution in [0.2, 0.25) is 0 Å². The van der Waals surface area contributed by atoms with Crippen LogP contribution in [-0.4, -0.2) is 57.3 Å². The topological polar surface area (TPSA) is 133 Å². The average molecular weight is 525 g/mol. The van der Waals surface area contributed by atoms with Gasteiger partial charge in [0.1, 0.15) is 23.2 Å². The van der Waals surface area contributed by atoms with E-state index < -0.39 is 17.7 Å². The van der Waals surface area contributed by atoms with Gasteiger partial charge in [0.2, 0.25) is 0 Å². The summed E-state index contributed by atoms with van der Waals surface area (Å²) in [6.07, 6.45) is 1.99. The summed E-state index contributed by atoms with van der Waals surface area (Å²) in [5.41, 5.74) is 1.01. The Labute approximate surface area is 212 Å². The maximum atomic E-state index is 16.3. The summed E-state index contributed by atoms with van der Waals surface area (Å²) in [5, 5.41) is 21.5. The van der Waals surface area contributed by atoms with Crippen LogP contribution in [0.5, 0.6) is 6.01 Å². The van der Waals surface area contributed by atoms with E-state index in [-0.39, 0.29) is 62.7 Å². The number of rotatable bonds is 5. The minimum absolute atomic E-state index is 0.000891. The van der Waals surface area contributed by atoms with Crippen LogP contribution in [-0.2, 0) is 18.0 Å². The first kappa shape index (κ1) is 23.4. The molecule has 0 aliphatic carbocycles. The Balaban J connectivity index is 1.56. The number of ether oxygens (including phenoxy) is 2. The summed E-state index contributed by atoms with van der Waals surface area (Å²) < 4.78 is 42.4. The molecule has 2 N–H and O–H groups in total. The van der Waals surface area contributed by atoms with E-state index in [0.29, 0.717) is 23.1 Å². The van der Waals surface area contributed by atoms with Crippen LogP contribution in [0.15, 0.2) is 12.4 Å². The number of fused-ring (bicyclic) bond motifs is 4.